The molecule has 0 bridgehead atoms. The van der Waals surface area contributed by atoms with Crippen molar-refractivity contribution >= 4 is 12.0 Å². The van der Waals surface area contributed by atoms with Crippen molar-refractivity contribution in [2.75, 3.05) is 19.8 Å². The van der Waals surface area contributed by atoms with Gasteiger partial charge in [0.05, 0.1) is 37.0 Å². The number of halogens is 3. The van der Waals surface area contributed by atoms with E-state index in [1.165, 1.54) is 4.90 Å². The molecule has 220 valence electrons. The number of amides is 2. The van der Waals surface area contributed by atoms with Crippen LogP contribution in [0.5, 0.6) is 0 Å². The number of carbonyl (C=O) groups excluding carboxylic acids is 2. The third-order valence-electron chi connectivity index (χ3n) is 7.28. The van der Waals surface area contributed by atoms with Crippen LogP contribution in [-0.4, -0.2) is 77.3 Å². The minimum absolute atomic E-state index is 0.0811. The summed E-state index contributed by atoms with van der Waals surface area (Å²) in [4.78, 5) is 26.5. The van der Waals surface area contributed by atoms with Crippen LogP contribution in [0.2, 0.25) is 0 Å². The standard InChI is InChI=1S/C28H41F3N2O6/c1-26(2,3)39-25(36)33-16-7-14-27(15-17-34,32-24(35)28(29,30)31)23(33)19-38-22-12-10-21(11-13-22)37-18-20-8-5-4-6-9-20/h4-6,8-9,21-23,34H,7,10-19H2,1-3H3,(H,32,35). The SMILES string of the molecule is CC(C)(C)OC(=O)N1CCCC(CCO)(NC(=O)C(F)(F)F)C1COC1CCC(OCc2ccccc2)CC1. The van der Waals surface area contributed by atoms with Gasteiger partial charge in [0.1, 0.15) is 5.60 Å². The highest BCUT2D eigenvalue weighted by molar-refractivity contribution is 5.82. The number of benzene rings is 1. The number of hydrogen-bond acceptors (Lipinski definition) is 6. The summed E-state index contributed by atoms with van der Waals surface area (Å²) in [6.45, 7) is 5.28. The Morgan fingerprint density at radius 1 is 1.05 bits per heavy atom. The van der Waals surface area contributed by atoms with Crippen molar-refractivity contribution in [2.45, 2.75) is 108 Å². The Morgan fingerprint density at radius 3 is 2.23 bits per heavy atom. The maximum absolute atomic E-state index is 13.3. The van der Waals surface area contributed by atoms with Gasteiger partial charge in [0.2, 0.25) is 0 Å². The van der Waals surface area contributed by atoms with Gasteiger partial charge in [-0.15, -0.1) is 0 Å². The normalized spacial score (nSPS) is 26.2. The van der Waals surface area contributed by atoms with Crippen LogP contribution in [0.1, 0.15) is 71.3 Å². The molecule has 2 fully saturated rings. The van der Waals surface area contributed by atoms with Gasteiger partial charge in [-0.05, 0) is 71.3 Å². The molecule has 2 unspecified atom stereocenters. The molecule has 1 aliphatic carbocycles. The zero-order valence-electron chi connectivity index (χ0n) is 23.0. The van der Waals surface area contributed by atoms with E-state index < -0.39 is 42.0 Å². The van der Waals surface area contributed by atoms with Gasteiger partial charge in [0, 0.05) is 13.2 Å². The van der Waals surface area contributed by atoms with Crippen LogP contribution < -0.4 is 5.32 Å². The van der Waals surface area contributed by atoms with E-state index in [2.05, 4.69) is 5.32 Å². The first kappa shape index (κ1) is 31.2. The molecule has 2 atom stereocenters. The van der Waals surface area contributed by atoms with Gasteiger partial charge in [0.15, 0.2) is 0 Å². The largest absolute Gasteiger partial charge is 0.471 e. The van der Waals surface area contributed by atoms with Crippen molar-refractivity contribution in [2.24, 2.45) is 0 Å². The Balaban J connectivity index is 1.70. The van der Waals surface area contributed by atoms with Crippen molar-refractivity contribution in [3.05, 3.63) is 35.9 Å². The number of piperidine rings is 1. The molecule has 1 aromatic carbocycles. The molecule has 1 heterocycles. The number of carbonyl (C=O) groups is 2. The van der Waals surface area contributed by atoms with Crippen LogP contribution in [0.15, 0.2) is 30.3 Å². The van der Waals surface area contributed by atoms with Gasteiger partial charge in [-0.25, -0.2) is 4.79 Å². The fraction of sp³-hybridized carbons (Fsp3) is 0.714. The van der Waals surface area contributed by atoms with Gasteiger partial charge < -0.3 is 29.5 Å². The summed E-state index contributed by atoms with van der Waals surface area (Å²) in [5.74, 6) is -2.11. The highest BCUT2D eigenvalue weighted by Gasteiger charge is 2.52. The summed E-state index contributed by atoms with van der Waals surface area (Å²) in [6, 6.07) is 8.93. The lowest BCUT2D eigenvalue weighted by atomic mass is 9.78. The summed E-state index contributed by atoms with van der Waals surface area (Å²) >= 11 is 0. The Labute approximate surface area is 228 Å². The molecule has 39 heavy (non-hydrogen) atoms. The van der Waals surface area contributed by atoms with E-state index in [0.717, 1.165) is 18.4 Å². The molecule has 2 amide bonds. The molecule has 0 spiro atoms. The lowest BCUT2D eigenvalue weighted by Gasteiger charge is -2.50. The fourth-order valence-electron chi connectivity index (χ4n) is 5.35. The average molecular weight is 559 g/mol. The van der Waals surface area contributed by atoms with Crippen LogP contribution in [0, 0.1) is 0 Å². The second kappa shape index (κ2) is 13.3. The summed E-state index contributed by atoms with van der Waals surface area (Å²) in [7, 11) is 0. The summed E-state index contributed by atoms with van der Waals surface area (Å²) in [6.07, 6.45) is -2.65. The summed E-state index contributed by atoms with van der Waals surface area (Å²) in [5, 5.41) is 11.9. The predicted molar refractivity (Wildman–Crippen MR) is 138 cm³/mol. The third kappa shape index (κ3) is 9.08. The number of nitrogens with one attached hydrogen (secondary N) is 1. The monoisotopic (exact) mass is 558 g/mol. The van der Waals surface area contributed by atoms with E-state index in [9.17, 15) is 27.9 Å². The van der Waals surface area contributed by atoms with Crippen molar-refractivity contribution in [3.63, 3.8) is 0 Å². The molecule has 0 radical (unpaired) electrons. The number of hydrogen-bond donors (Lipinski definition) is 2. The lowest BCUT2D eigenvalue weighted by Crippen LogP contribution is -2.69. The Morgan fingerprint density at radius 2 is 1.67 bits per heavy atom. The van der Waals surface area contributed by atoms with Gasteiger partial charge in [-0.2, -0.15) is 13.2 Å². The first-order valence-electron chi connectivity index (χ1n) is 13.6. The average Bonchev–Trinajstić information content (AvgIpc) is 2.86. The van der Waals surface area contributed by atoms with E-state index >= 15 is 0 Å². The molecular weight excluding hydrogens is 517 g/mol. The van der Waals surface area contributed by atoms with E-state index in [1.54, 1.807) is 20.8 Å². The second-order valence-corrected chi connectivity index (χ2v) is 11.4. The van der Waals surface area contributed by atoms with Crippen LogP contribution in [0.4, 0.5) is 18.0 Å². The van der Waals surface area contributed by atoms with E-state index in [1.807, 2.05) is 30.3 Å². The first-order chi connectivity index (χ1) is 18.3. The zero-order chi connectivity index (χ0) is 28.7. The topological polar surface area (TPSA) is 97.3 Å². The van der Waals surface area contributed by atoms with Crippen LogP contribution in [-0.2, 0) is 25.6 Å². The second-order valence-electron chi connectivity index (χ2n) is 11.4. The number of aliphatic hydroxyl groups is 1. The van der Waals surface area contributed by atoms with Crippen LogP contribution in [0.25, 0.3) is 0 Å². The van der Waals surface area contributed by atoms with Gasteiger partial charge in [0.25, 0.3) is 0 Å². The molecule has 1 aromatic rings. The van der Waals surface area contributed by atoms with Gasteiger partial charge in [-0.3, -0.25) is 4.79 Å². The number of likely N-dealkylation sites (tertiary alicyclic amines) is 1. The number of rotatable bonds is 9. The molecule has 0 aromatic heterocycles. The van der Waals surface area contributed by atoms with E-state index in [-0.39, 0.29) is 38.2 Å². The first-order valence-corrected chi connectivity index (χ1v) is 13.6. The van der Waals surface area contributed by atoms with Gasteiger partial charge in [-0.1, -0.05) is 30.3 Å². The number of nitrogens with zero attached hydrogens (tertiary/aromatic N) is 1. The van der Waals surface area contributed by atoms with Crippen LogP contribution >= 0.6 is 0 Å². The smallest absolute Gasteiger partial charge is 0.444 e. The quantitative estimate of drug-likeness (QED) is 0.455. The molecule has 1 aliphatic heterocycles. The molecule has 1 saturated heterocycles. The maximum Gasteiger partial charge on any atom is 0.471 e. The third-order valence-corrected chi connectivity index (χ3v) is 7.28. The Hall–Kier alpha value is -2.37. The maximum atomic E-state index is 13.3. The molecule has 2 N–H and O–H groups in total. The number of alkyl halides is 3. The molecule has 2 aliphatic rings. The minimum atomic E-state index is -5.11. The highest BCUT2D eigenvalue weighted by Crippen LogP contribution is 2.35. The lowest BCUT2D eigenvalue weighted by molar-refractivity contribution is -0.178. The van der Waals surface area contributed by atoms with Crippen molar-refractivity contribution in [1.29, 1.82) is 0 Å². The highest BCUT2D eigenvalue weighted by atomic mass is 19.4. The van der Waals surface area contributed by atoms with Crippen LogP contribution in [0.3, 0.4) is 0 Å². The molecule has 11 heteroatoms. The van der Waals surface area contributed by atoms with Crippen molar-refractivity contribution in [3.8, 4) is 0 Å². The molecule has 3 rings (SSSR count). The van der Waals surface area contributed by atoms with E-state index in [4.69, 9.17) is 14.2 Å². The van der Waals surface area contributed by atoms with Crippen molar-refractivity contribution in [1.82, 2.24) is 10.2 Å². The zero-order valence-corrected chi connectivity index (χ0v) is 23.0. The van der Waals surface area contributed by atoms with E-state index in [0.29, 0.717) is 25.9 Å². The summed E-state index contributed by atoms with van der Waals surface area (Å²) in [5.41, 5.74) is -1.25. The number of ether oxygens (including phenoxy) is 3. The molecular formula is C28H41F3N2O6. The number of aliphatic hydroxyl groups excluding tert-OH is 1. The molecule has 8 nitrogen and oxygen atoms in total. The Kier molecular flexibility index (Phi) is 10.6. The summed E-state index contributed by atoms with van der Waals surface area (Å²) < 4.78 is 57.6. The van der Waals surface area contributed by atoms with Crippen molar-refractivity contribution < 1.29 is 42.1 Å². The fourth-order valence-corrected chi connectivity index (χ4v) is 5.35. The molecule has 1 saturated carbocycles. The Bertz CT molecular complexity index is 927. The van der Waals surface area contributed by atoms with Gasteiger partial charge >= 0.3 is 18.2 Å². The predicted octanol–water partition coefficient (Wildman–Crippen LogP) is 4.73. The minimum Gasteiger partial charge on any atom is -0.444 e.